The van der Waals surface area contributed by atoms with Gasteiger partial charge in [-0.05, 0) is 11.1 Å². The van der Waals surface area contributed by atoms with Gasteiger partial charge < -0.3 is 14.2 Å². The molecule has 0 amide bonds. The van der Waals surface area contributed by atoms with Crippen molar-refractivity contribution in [3.8, 4) is 17.2 Å². The standard InChI is InChI=1S/C25H22O3/c1-26-24-16-23(27-17-19-10-4-2-5-11-19)21-14-8-9-15-22(21)25(24)28-18-20-12-6-3-7-13-20/h2-16H,17-18H2,1H3. The highest BCUT2D eigenvalue weighted by Gasteiger charge is 2.15. The molecule has 4 aromatic carbocycles. The highest BCUT2D eigenvalue weighted by Crippen LogP contribution is 2.42. The predicted molar refractivity (Wildman–Crippen MR) is 112 cm³/mol. The molecule has 0 radical (unpaired) electrons. The minimum atomic E-state index is 0.478. The number of methoxy groups -OCH3 is 1. The molecule has 0 N–H and O–H groups in total. The number of hydrogen-bond acceptors (Lipinski definition) is 3. The summed E-state index contributed by atoms with van der Waals surface area (Å²) < 4.78 is 17.9. The SMILES string of the molecule is COc1cc(OCc2ccccc2)c2ccccc2c1OCc1ccccc1. The zero-order valence-corrected chi connectivity index (χ0v) is 15.8. The maximum absolute atomic E-state index is 6.16. The summed E-state index contributed by atoms with van der Waals surface area (Å²) in [5, 5.41) is 1.98. The molecule has 0 saturated carbocycles. The zero-order valence-electron chi connectivity index (χ0n) is 15.8. The summed E-state index contributed by atoms with van der Waals surface area (Å²) in [7, 11) is 1.65. The average molecular weight is 370 g/mol. The van der Waals surface area contributed by atoms with Crippen molar-refractivity contribution < 1.29 is 14.2 Å². The van der Waals surface area contributed by atoms with Crippen LogP contribution in [0.4, 0.5) is 0 Å². The van der Waals surface area contributed by atoms with Gasteiger partial charge >= 0.3 is 0 Å². The van der Waals surface area contributed by atoms with Crippen LogP contribution in [-0.4, -0.2) is 7.11 Å². The zero-order chi connectivity index (χ0) is 19.2. The van der Waals surface area contributed by atoms with Crippen LogP contribution < -0.4 is 14.2 Å². The first-order chi connectivity index (χ1) is 13.8. The monoisotopic (exact) mass is 370 g/mol. The van der Waals surface area contributed by atoms with E-state index in [9.17, 15) is 0 Å². The van der Waals surface area contributed by atoms with Gasteiger partial charge in [-0.2, -0.15) is 0 Å². The second-order valence-electron chi connectivity index (χ2n) is 6.50. The van der Waals surface area contributed by atoms with Crippen molar-refractivity contribution >= 4 is 10.8 Å². The molecule has 0 saturated heterocycles. The van der Waals surface area contributed by atoms with Gasteiger partial charge in [0.05, 0.1) is 7.11 Å². The second-order valence-corrected chi connectivity index (χ2v) is 6.50. The third kappa shape index (κ3) is 3.94. The van der Waals surface area contributed by atoms with Gasteiger partial charge in [-0.25, -0.2) is 0 Å². The molecule has 3 nitrogen and oxygen atoms in total. The molecule has 0 fully saturated rings. The van der Waals surface area contributed by atoms with E-state index in [0.29, 0.717) is 19.0 Å². The molecule has 4 rings (SSSR count). The van der Waals surface area contributed by atoms with Crippen LogP contribution in [-0.2, 0) is 13.2 Å². The molecule has 0 bridgehead atoms. The topological polar surface area (TPSA) is 27.7 Å². The average Bonchev–Trinajstić information content (AvgIpc) is 2.77. The van der Waals surface area contributed by atoms with Crippen LogP contribution in [0.1, 0.15) is 11.1 Å². The number of ether oxygens (including phenoxy) is 3. The Morgan fingerprint density at radius 1 is 0.571 bits per heavy atom. The number of benzene rings is 4. The minimum Gasteiger partial charge on any atom is -0.493 e. The first-order valence-electron chi connectivity index (χ1n) is 9.28. The molecule has 0 aromatic heterocycles. The lowest BCUT2D eigenvalue weighted by atomic mass is 10.1. The summed E-state index contributed by atoms with van der Waals surface area (Å²) in [6.07, 6.45) is 0. The summed E-state index contributed by atoms with van der Waals surface area (Å²) in [6, 6.07) is 30.2. The van der Waals surface area contributed by atoms with Crippen LogP contribution in [0.2, 0.25) is 0 Å². The fourth-order valence-electron chi connectivity index (χ4n) is 3.18. The van der Waals surface area contributed by atoms with Crippen LogP contribution in [0, 0.1) is 0 Å². The van der Waals surface area contributed by atoms with Crippen LogP contribution in [0.25, 0.3) is 10.8 Å². The first kappa shape index (κ1) is 17.9. The Morgan fingerprint density at radius 2 is 1.11 bits per heavy atom. The van der Waals surface area contributed by atoms with E-state index in [1.807, 2.05) is 78.9 Å². The van der Waals surface area contributed by atoms with Crippen molar-refractivity contribution in [3.05, 3.63) is 102 Å². The molecule has 0 atom stereocenters. The molecule has 4 aromatic rings. The van der Waals surface area contributed by atoms with Crippen molar-refractivity contribution in [1.82, 2.24) is 0 Å². The van der Waals surface area contributed by atoms with Gasteiger partial charge in [0.1, 0.15) is 19.0 Å². The lowest BCUT2D eigenvalue weighted by molar-refractivity contribution is 0.283. The molecule has 3 heteroatoms. The maximum Gasteiger partial charge on any atom is 0.169 e. The Morgan fingerprint density at radius 3 is 1.71 bits per heavy atom. The minimum absolute atomic E-state index is 0.478. The van der Waals surface area contributed by atoms with Gasteiger partial charge in [-0.3, -0.25) is 0 Å². The molecule has 0 aliphatic heterocycles. The molecule has 0 unspecified atom stereocenters. The van der Waals surface area contributed by atoms with Crippen molar-refractivity contribution in [3.63, 3.8) is 0 Å². The van der Waals surface area contributed by atoms with E-state index in [1.165, 1.54) is 0 Å². The molecule has 140 valence electrons. The van der Waals surface area contributed by atoms with Crippen LogP contribution in [0.3, 0.4) is 0 Å². The summed E-state index contributed by atoms with van der Waals surface area (Å²) in [4.78, 5) is 0. The fourth-order valence-corrected chi connectivity index (χ4v) is 3.18. The van der Waals surface area contributed by atoms with Gasteiger partial charge in [0.2, 0.25) is 0 Å². The Bertz CT molecular complexity index is 1040. The molecule has 0 aliphatic carbocycles. The highest BCUT2D eigenvalue weighted by molar-refractivity contribution is 5.95. The Labute approximate surface area is 165 Å². The summed E-state index contributed by atoms with van der Waals surface area (Å²) in [6.45, 7) is 0.976. The van der Waals surface area contributed by atoms with Crippen molar-refractivity contribution in [2.75, 3.05) is 7.11 Å². The van der Waals surface area contributed by atoms with Gasteiger partial charge in [-0.1, -0.05) is 84.9 Å². The molecular formula is C25H22O3. The van der Waals surface area contributed by atoms with Gasteiger partial charge in [0, 0.05) is 16.8 Å². The third-order valence-electron chi connectivity index (χ3n) is 4.61. The van der Waals surface area contributed by atoms with Gasteiger partial charge in [-0.15, -0.1) is 0 Å². The Kier molecular flexibility index (Phi) is 5.43. The first-order valence-corrected chi connectivity index (χ1v) is 9.28. The quantitative estimate of drug-likeness (QED) is 0.399. The normalized spacial score (nSPS) is 10.6. The van der Waals surface area contributed by atoms with Crippen molar-refractivity contribution in [1.29, 1.82) is 0 Å². The van der Waals surface area contributed by atoms with E-state index >= 15 is 0 Å². The molecular weight excluding hydrogens is 348 g/mol. The largest absolute Gasteiger partial charge is 0.493 e. The molecule has 0 aliphatic rings. The lowest BCUT2D eigenvalue weighted by Gasteiger charge is -2.17. The third-order valence-corrected chi connectivity index (χ3v) is 4.61. The Hall–Kier alpha value is -3.46. The number of hydrogen-bond donors (Lipinski definition) is 0. The molecule has 28 heavy (non-hydrogen) atoms. The maximum atomic E-state index is 6.16. The predicted octanol–water partition coefficient (Wildman–Crippen LogP) is 6.01. The Balaban J connectivity index is 1.66. The van der Waals surface area contributed by atoms with Crippen LogP contribution >= 0.6 is 0 Å². The second kappa shape index (κ2) is 8.49. The van der Waals surface area contributed by atoms with E-state index in [0.717, 1.165) is 33.4 Å². The lowest BCUT2D eigenvalue weighted by Crippen LogP contribution is -2.01. The van der Waals surface area contributed by atoms with E-state index in [2.05, 4.69) is 12.1 Å². The van der Waals surface area contributed by atoms with Gasteiger partial charge in [0.25, 0.3) is 0 Å². The summed E-state index contributed by atoms with van der Waals surface area (Å²) >= 11 is 0. The van der Waals surface area contributed by atoms with E-state index in [1.54, 1.807) is 7.11 Å². The number of fused-ring (bicyclic) bond motifs is 1. The smallest absolute Gasteiger partial charge is 0.169 e. The van der Waals surface area contributed by atoms with Crippen LogP contribution in [0.15, 0.2) is 91.0 Å². The highest BCUT2D eigenvalue weighted by atomic mass is 16.5. The summed E-state index contributed by atoms with van der Waals surface area (Å²) in [5.74, 6) is 2.18. The number of rotatable bonds is 7. The van der Waals surface area contributed by atoms with E-state index in [4.69, 9.17) is 14.2 Å². The van der Waals surface area contributed by atoms with Crippen molar-refractivity contribution in [2.45, 2.75) is 13.2 Å². The van der Waals surface area contributed by atoms with Crippen LogP contribution in [0.5, 0.6) is 17.2 Å². The van der Waals surface area contributed by atoms with E-state index in [-0.39, 0.29) is 0 Å². The fraction of sp³-hybridized carbons (Fsp3) is 0.120. The van der Waals surface area contributed by atoms with E-state index < -0.39 is 0 Å². The summed E-state index contributed by atoms with van der Waals surface area (Å²) in [5.41, 5.74) is 2.23. The molecule has 0 spiro atoms. The van der Waals surface area contributed by atoms with Gasteiger partial charge in [0.15, 0.2) is 11.5 Å². The molecule has 0 heterocycles. The van der Waals surface area contributed by atoms with Crippen molar-refractivity contribution in [2.24, 2.45) is 0 Å².